The lowest BCUT2D eigenvalue weighted by atomic mass is 10.2. The van der Waals surface area contributed by atoms with Gasteiger partial charge in [0.1, 0.15) is 21.9 Å². The summed E-state index contributed by atoms with van der Waals surface area (Å²) in [6.45, 7) is 6.56. The molecule has 1 N–H and O–H groups in total. The normalized spacial score (nSPS) is 12.4. The number of fused-ring (bicyclic) bond motifs is 1. The van der Waals surface area contributed by atoms with Crippen molar-refractivity contribution in [1.82, 2.24) is 25.1 Å². The van der Waals surface area contributed by atoms with Gasteiger partial charge in [-0.1, -0.05) is 44.2 Å². The number of nitrogens with one attached hydrogen (secondary N) is 1. The summed E-state index contributed by atoms with van der Waals surface area (Å²) in [5.74, 6) is 0.931. The Morgan fingerprint density at radius 1 is 1.16 bits per heavy atom. The number of para-hydroxylation sites is 2. The van der Waals surface area contributed by atoms with E-state index in [1.807, 2.05) is 38.1 Å². The standard InChI is InChI=1S/C18H23N5OS/c1-4-13(18(24)19-11-17-22-21-16(6-3)25-17)23-14-10-8-7-9-12(14)20-15(23)5-2/h7-10,13H,4-6,11H2,1-3H3,(H,19,24)/t13-/m1/s1. The van der Waals surface area contributed by atoms with Gasteiger partial charge in [0.05, 0.1) is 17.6 Å². The highest BCUT2D eigenvalue weighted by Gasteiger charge is 2.23. The van der Waals surface area contributed by atoms with Crippen LogP contribution in [0.4, 0.5) is 0 Å². The Hall–Kier alpha value is -2.28. The second-order valence-corrected chi connectivity index (χ2v) is 6.97. The van der Waals surface area contributed by atoms with Crippen LogP contribution in [0.3, 0.4) is 0 Å². The average molecular weight is 357 g/mol. The zero-order valence-corrected chi connectivity index (χ0v) is 15.6. The Balaban J connectivity index is 1.83. The number of hydrogen-bond acceptors (Lipinski definition) is 5. The maximum Gasteiger partial charge on any atom is 0.243 e. The predicted molar refractivity (Wildman–Crippen MR) is 99.6 cm³/mol. The molecule has 0 aliphatic heterocycles. The maximum atomic E-state index is 12.8. The zero-order valence-electron chi connectivity index (χ0n) is 14.8. The van der Waals surface area contributed by atoms with Crippen LogP contribution in [-0.2, 0) is 24.2 Å². The summed E-state index contributed by atoms with van der Waals surface area (Å²) in [5, 5.41) is 13.1. The van der Waals surface area contributed by atoms with Gasteiger partial charge < -0.3 is 9.88 Å². The minimum absolute atomic E-state index is 0.00592. The maximum absolute atomic E-state index is 12.8. The fourth-order valence-corrected chi connectivity index (χ4v) is 3.68. The molecule has 0 spiro atoms. The lowest BCUT2D eigenvalue weighted by Gasteiger charge is -2.19. The van der Waals surface area contributed by atoms with Crippen molar-refractivity contribution < 1.29 is 4.79 Å². The van der Waals surface area contributed by atoms with E-state index in [9.17, 15) is 4.79 Å². The Labute approximate surface area is 151 Å². The molecule has 0 fully saturated rings. The molecular formula is C18H23N5OS. The summed E-state index contributed by atoms with van der Waals surface area (Å²) in [4.78, 5) is 17.5. The minimum Gasteiger partial charge on any atom is -0.348 e. The van der Waals surface area contributed by atoms with Crippen LogP contribution in [-0.4, -0.2) is 25.7 Å². The van der Waals surface area contributed by atoms with Gasteiger partial charge >= 0.3 is 0 Å². The summed E-state index contributed by atoms with van der Waals surface area (Å²) in [6, 6.07) is 7.69. The quantitative estimate of drug-likeness (QED) is 0.704. The fourth-order valence-electron chi connectivity index (χ4n) is 2.96. The summed E-state index contributed by atoms with van der Waals surface area (Å²) in [5.41, 5.74) is 1.94. The van der Waals surface area contributed by atoms with Crippen LogP contribution in [0.25, 0.3) is 11.0 Å². The molecule has 0 saturated carbocycles. The fraction of sp³-hybridized carbons (Fsp3) is 0.444. The molecule has 0 radical (unpaired) electrons. The van der Waals surface area contributed by atoms with E-state index >= 15 is 0 Å². The van der Waals surface area contributed by atoms with E-state index in [1.54, 1.807) is 11.3 Å². The number of rotatable bonds is 7. The SMILES string of the molecule is CCc1nnc(CNC(=O)[C@@H](CC)n2c(CC)nc3ccccc32)s1. The smallest absolute Gasteiger partial charge is 0.243 e. The van der Waals surface area contributed by atoms with E-state index in [4.69, 9.17) is 0 Å². The van der Waals surface area contributed by atoms with Crippen LogP contribution < -0.4 is 5.32 Å². The highest BCUT2D eigenvalue weighted by atomic mass is 32.1. The van der Waals surface area contributed by atoms with E-state index in [0.29, 0.717) is 13.0 Å². The molecule has 6 nitrogen and oxygen atoms in total. The number of benzene rings is 1. The van der Waals surface area contributed by atoms with Crippen molar-refractivity contribution in [3.05, 3.63) is 40.1 Å². The van der Waals surface area contributed by atoms with Gasteiger partial charge in [-0.2, -0.15) is 0 Å². The number of hydrogen-bond donors (Lipinski definition) is 1. The van der Waals surface area contributed by atoms with Crippen LogP contribution in [0, 0.1) is 0 Å². The monoisotopic (exact) mass is 357 g/mol. The first-order valence-electron chi connectivity index (χ1n) is 8.72. The van der Waals surface area contributed by atoms with Gasteiger partial charge in [-0.05, 0) is 25.0 Å². The van der Waals surface area contributed by atoms with E-state index in [2.05, 4.69) is 32.0 Å². The van der Waals surface area contributed by atoms with E-state index < -0.39 is 0 Å². The highest BCUT2D eigenvalue weighted by Crippen LogP contribution is 2.24. The molecule has 3 aromatic rings. The first kappa shape index (κ1) is 17.5. The van der Waals surface area contributed by atoms with Crippen molar-refractivity contribution in [2.45, 2.75) is 52.6 Å². The molecule has 1 aromatic carbocycles. The van der Waals surface area contributed by atoms with Crippen molar-refractivity contribution in [2.75, 3.05) is 0 Å². The number of amides is 1. The van der Waals surface area contributed by atoms with Gasteiger partial charge in [-0.25, -0.2) is 4.98 Å². The minimum atomic E-state index is -0.277. The van der Waals surface area contributed by atoms with Crippen LogP contribution in [0.2, 0.25) is 0 Å². The van der Waals surface area contributed by atoms with Gasteiger partial charge in [-0.3, -0.25) is 4.79 Å². The van der Waals surface area contributed by atoms with Gasteiger partial charge in [0.25, 0.3) is 0 Å². The number of aryl methyl sites for hydroxylation is 2. The third kappa shape index (κ3) is 3.56. The van der Waals surface area contributed by atoms with Crippen LogP contribution >= 0.6 is 11.3 Å². The third-order valence-corrected chi connectivity index (χ3v) is 5.28. The Bertz CT molecular complexity index is 869. The largest absolute Gasteiger partial charge is 0.348 e. The summed E-state index contributed by atoms with van der Waals surface area (Å²) < 4.78 is 2.07. The highest BCUT2D eigenvalue weighted by molar-refractivity contribution is 7.11. The van der Waals surface area contributed by atoms with E-state index in [0.717, 1.165) is 39.7 Å². The second-order valence-electron chi connectivity index (χ2n) is 5.83. The predicted octanol–water partition coefficient (Wildman–Crippen LogP) is 3.28. The first-order valence-corrected chi connectivity index (χ1v) is 9.54. The number of imidazole rings is 1. The molecule has 0 unspecified atom stereocenters. The van der Waals surface area contributed by atoms with Crippen molar-refractivity contribution in [1.29, 1.82) is 0 Å². The van der Waals surface area contributed by atoms with Gasteiger partial charge in [0.15, 0.2) is 0 Å². The van der Waals surface area contributed by atoms with Crippen molar-refractivity contribution in [2.24, 2.45) is 0 Å². The molecule has 1 amide bonds. The molecule has 2 heterocycles. The van der Waals surface area contributed by atoms with Gasteiger partial charge in [-0.15, -0.1) is 10.2 Å². The summed E-state index contributed by atoms with van der Waals surface area (Å²) >= 11 is 1.55. The Morgan fingerprint density at radius 3 is 2.60 bits per heavy atom. The summed E-state index contributed by atoms with van der Waals surface area (Å²) in [6.07, 6.45) is 2.36. The number of nitrogens with zero attached hydrogens (tertiary/aromatic N) is 4. The molecule has 0 aliphatic rings. The molecule has 0 bridgehead atoms. The molecule has 132 valence electrons. The lowest BCUT2D eigenvalue weighted by Crippen LogP contribution is -2.32. The number of aromatic nitrogens is 4. The molecule has 0 saturated heterocycles. The lowest BCUT2D eigenvalue weighted by molar-refractivity contribution is -0.124. The zero-order chi connectivity index (χ0) is 17.8. The molecule has 1 atom stereocenters. The van der Waals surface area contributed by atoms with E-state index in [-0.39, 0.29) is 11.9 Å². The first-order chi connectivity index (χ1) is 12.2. The summed E-state index contributed by atoms with van der Waals surface area (Å²) in [7, 11) is 0. The number of carbonyl (C=O) groups excluding carboxylic acids is 1. The molecule has 25 heavy (non-hydrogen) atoms. The molecule has 7 heteroatoms. The Morgan fingerprint density at radius 2 is 1.92 bits per heavy atom. The topological polar surface area (TPSA) is 72.7 Å². The van der Waals surface area contributed by atoms with Crippen molar-refractivity contribution in [3.8, 4) is 0 Å². The Kier molecular flexibility index (Phi) is 5.43. The molecular weight excluding hydrogens is 334 g/mol. The van der Waals surface area contributed by atoms with Crippen molar-refractivity contribution in [3.63, 3.8) is 0 Å². The second kappa shape index (κ2) is 7.74. The third-order valence-electron chi connectivity index (χ3n) is 4.21. The van der Waals surface area contributed by atoms with E-state index in [1.165, 1.54) is 0 Å². The van der Waals surface area contributed by atoms with Crippen LogP contribution in [0.15, 0.2) is 24.3 Å². The molecule has 3 rings (SSSR count). The van der Waals surface area contributed by atoms with Gasteiger partial charge in [0.2, 0.25) is 5.91 Å². The van der Waals surface area contributed by atoms with Crippen LogP contribution in [0.1, 0.15) is 49.1 Å². The number of carbonyl (C=O) groups is 1. The van der Waals surface area contributed by atoms with Crippen LogP contribution in [0.5, 0.6) is 0 Å². The molecule has 0 aliphatic carbocycles. The van der Waals surface area contributed by atoms with Gasteiger partial charge in [0, 0.05) is 6.42 Å². The molecule has 2 aromatic heterocycles. The average Bonchev–Trinajstić information content (AvgIpc) is 3.25. The van der Waals surface area contributed by atoms with Crippen molar-refractivity contribution >= 4 is 28.3 Å².